The van der Waals surface area contributed by atoms with Gasteiger partial charge in [0.15, 0.2) is 35.7 Å². The minimum atomic E-state index is -0.419. The van der Waals surface area contributed by atoms with Crippen molar-refractivity contribution in [3.8, 4) is 34.3 Å². The summed E-state index contributed by atoms with van der Waals surface area (Å²) in [6, 6.07) is 19.0. The second-order valence-electron chi connectivity index (χ2n) is 7.82. The number of hydrogen-bond acceptors (Lipinski definition) is 5. The molecule has 0 spiro atoms. The van der Waals surface area contributed by atoms with Gasteiger partial charge in [-0.15, -0.1) is 0 Å². The van der Waals surface area contributed by atoms with E-state index in [2.05, 4.69) is 16.7 Å². The Morgan fingerprint density at radius 2 is 1.79 bits per heavy atom. The maximum absolute atomic E-state index is 12.8. The molecule has 33 heavy (non-hydrogen) atoms. The number of aryl methyl sites for hydroxylation is 2. The highest BCUT2D eigenvalue weighted by molar-refractivity contribution is 5.97. The number of carbonyl (C=O) groups is 1. The molecule has 0 aliphatic carbocycles. The fourth-order valence-electron chi connectivity index (χ4n) is 4.39. The largest absolute Gasteiger partial charge is 1.00 e. The molecule has 0 unspecified atom stereocenters. The molecule has 0 saturated carbocycles. The summed E-state index contributed by atoms with van der Waals surface area (Å²) < 4.78 is 24.7. The van der Waals surface area contributed by atoms with Crippen LogP contribution in [0.15, 0.2) is 66.9 Å². The van der Waals surface area contributed by atoms with Gasteiger partial charge in [-0.1, -0.05) is 18.2 Å². The minimum Gasteiger partial charge on any atom is -1.00 e. The SMILES string of the molecule is COc1ccc2cc3[n+](cc2c1OC(=O)c1ccccc1)CCc1cc2c(cc1-3)OCO2.[Cl-]. The Balaban J connectivity index is 0.00000228. The molecule has 3 heterocycles. The topological polar surface area (TPSA) is 57.9 Å². The summed E-state index contributed by atoms with van der Waals surface area (Å²) >= 11 is 0. The first-order valence-corrected chi connectivity index (χ1v) is 10.5. The van der Waals surface area contributed by atoms with E-state index in [1.807, 2.05) is 42.6 Å². The molecule has 2 aliphatic heterocycles. The summed E-state index contributed by atoms with van der Waals surface area (Å²) in [5.74, 6) is 2.09. The van der Waals surface area contributed by atoms with Gasteiger partial charge in [-0.3, -0.25) is 0 Å². The van der Waals surface area contributed by atoms with Crippen molar-refractivity contribution in [2.45, 2.75) is 13.0 Å². The van der Waals surface area contributed by atoms with Crippen LogP contribution in [0.5, 0.6) is 23.0 Å². The molecule has 166 valence electrons. The highest BCUT2D eigenvalue weighted by Gasteiger charge is 2.29. The van der Waals surface area contributed by atoms with E-state index in [-0.39, 0.29) is 19.2 Å². The Labute approximate surface area is 196 Å². The summed E-state index contributed by atoms with van der Waals surface area (Å²) in [7, 11) is 1.57. The average molecular weight is 462 g/mol. The molecule has 0 N–H and O–H groups in total. The maximum Gasteiger partial charge on any atom is 0.343 e. The molecule has 6 rings (SSSR count). The lowest BCUT2D eigenvalue weighted by atomic mass is 9.95. The molecule has 7 heteroatoms. The van der Waals surface area contributed by atoms with Crippen LogP contribution in [0.3, 0.4) is 0 Å². The number of fused-ring (bicyclic) bond motifs is 5. The van der Waals surface area contributed by atoms with Crippen molar-refractivity contribution in [3.05, 3.63) is 78.0 Å². The van der Waals surface area contributed by atoms with Crippen LogP contribution in [0.2, 0.25) is 0 Å². The lowest BCUT2D eigenvalue weighted by Gasteiger charge is -2.17. The van der Waals surface area contributed by atoms with Crippen LogP contribution in [0, 0.1) is 0 Å². The fraction of sp³-hybridized carbons (Fsp3) is 0.154. The number of pyridine rings is 1. The number of methoxy groups -OCH3 is 1. The Morgan fingerprint density at radius 3 is 2.58 bits per heavy atom. The highest BCUT2D eigenvalue weighted by Crippen LogP contribution is 2.41. The van der Waals surface area contributed by atoms with Gasteiger partial charge < -0.3 is 31.4 Å². The van der Waals surface area contributed by atoms with Crippen molar-refractivity contribution in [2.75, 3.05) is 13.9 Å². The predicted molar refractivity (Wildman–Crippen MR) is 117 cm³/mol. The fourth-order valence-corrected chi connectivity index (χ4v) is 4.39. The normalized spacial score (nSPS) is 13.0. The highest BCUT2D eigenvalue weighted by atomic mass is 35.5. The molecule has 6 nitrogen and oxygen atoms in total. The lowest BCUT2D eigenvalue weighted by molar-refractivity contribution is -0.686. The first-order valence-electron chi connectivity index (χ1n) is 10.5. The summed E-state index contributed by atoms with van der Waals surface area (Å²) in [4.78, 5) is 12.8. The zero-order valence-corrected chi connectivity index (χ0v) is 18.6. The molecule has 1 aromatic heterocycles. The lowest BCUT2D eigenvalue weighted by Crippen LogP contribution is -3.00. The van der Waals surface area contributed by atoms with Crippen molar-refractivity contribution in [1.29, 1.82) is 0 Å². The van der Waals surface area contributed by atoms with Crippen LogP contribution >= 0.6 is 0 Å². The second-order valence-corrected chi connectivity index (χ2v) is 7.82. The van der Waals surface area contributed by atoms with E-state index in [1.54, 1.807) is 19.2 Å². The molecule has 0 fully saturated rings. The zero-order valence-electron chi connectivity index (χ0n) is 17.8. The van der Waals surface area contributed by atoms with E-state index in [9.17, 15) is 4.79 Å². The minimum absolute atomic E-state index is 0. The summed E-state index contributed by atoms with van der Waals surface area (Å²) in [5.41, 5.74) is 3.93. The van der Waals surface area contributed by atoms with Gasteiger partial charge in [-0.05, 0) is 47.3 Å². The van der Waals surface area contributed by atoms with Crippen LogP contribution < -0.4 is 35.9 Å². The van der Waals surface area contributed by atoms with E-state index in [4.69, 9.17) is 18.9 Å². The van der Waals surface area contributed by atoms with Crippen molar-refractivity contribution in [3.63, 3.8) is 0 Å². The monoisotopic (exact) mass is 461 g/mol. The number of carbonyl (C=O) groups excluding carboxylic acids is 1. The number of rotatable bonds is 3. The van der Waals surface area contributed by atoms with E-state index in [1.165, 1.54) is 5.56 Å². The quantitative estimate of drug-likeness (QED) is 0.262. The van der Waals surface area contributed by atoms with Gasteiger partial charge in [0.2, 0.25) is 12.5 Å². The number of esters is 1. The smallest absolute Gasteiger partial charge is 0.343 e. The predicted octanol–water partition coefficient (Wildman–Crippen LogP) is 1.31. The van der Waals surface area contributed by atoms with E-state index >= 15 is 0 Å². The maximum atomic E-state index is 12.8. The molecule has 0 amide bonds. The van der Waals surface area contributed by atoms with Crippen molar-refractivity contribution in [2.24, 2.45) is 0 Å². The van der Waals surface area contributed by atoms with Crippen LogP contribution in [0.4, 0.5) is 0 Å². The first-order chi connectivity index (χ1) is 15.7. The summed E-state index contributed by atoms with van der Waals surface area (Å²) in [5, 5.41) is 1.78. The van der Waals surface area contributed by atoms with Gasteiger partial charge in [0.05, 0.1) is 23.6 Å². The molecule has 3 aromatic carbocycles. The average Bonchev–Trinajstić information content (AvgIpc) is 3.30. The van der Waals surface area contributed by atoms with Crippen molar-refractivity contribution >= 4 is 16.7 Å². The molecular weight excluding hydrogens is 442 g/mol. The third-order valence-corrected chi connectivity index (χ3v) is 6.00. The number of hydrogen-bond donors (Lipinski definition) is 0. The van der Waals surface area contributed by atoms with Gasteiger partial charge in [0, 0.05) is 12.5 Å². The Hall–Kier alpha value is -3.77. The standard InChI is InChI=1S/C26H20NO5.ClH/c1-29-22-8-7-17-11-21-19-13-24-23(30-15-31-24)12-18(19)9-10-27(21)14-20(17)25(22)32-26(28)16-5-3-2-4-6-16;/h2-8,11-14H,9-10,15H2,1H3;1H/q+1;/p-1. The van der Waals surface area contributed by atoms with Gasteiger partial charge in [0.1, 0.15) is 0 Å². The molecule has 0 atom stereocenters. The van der Waals surface area contributed by atoms with Crippen LogP contribution in [0.25, 0.3) is 22.0 Å². The summed E-state index contributed by atoms with van der Waals surface area (Å²) in [6.07, 6.45) is 2.91. The number of nitrogens with zero attached hydrogens (tertiary/aromatic N) is 1. The molecule has 0 radical (unpaired) electrons. The van der Waals surface area contributed by atoms with Gasteiger partial charge in [0.25, 0.3) is 0 Å². The van der Waals surface area contributed by atoms with Gasteiger partial charge >= 0.3 is 5.97 Å². The van der Waals surface area contributed by atoms with E-state index in [0.29, 0.717) is 17.1 Å². The van der Waals surface area contributed by atoms with Crippen molar-refractivity contribution in [1.82, 2.24) is 0 Å². The zero-order chi connectivity index (χ0) is 21.7. The van der Waals surface area contributed by atoms with E-state index in [0.717, 1.165) is 46.5 Å². The molecular formula is C26H20ClNO5. The second kappa shape index (κ2) is 8.30. The molecule has 0 bridgehead atoms. The third kappa shape index (κ3) is 3.52. The summed E-state index contributed by atoms with van der Waals surface area (Å²) in [6.45, 7) is 1.06. The third-order valence-electron chi connectivity index (χ3n) is 6.00. The first kappa shape index (κ1) is 21.1. The number of halogens is 1. The van der Waals surface area contributed by atoms with Crippen molar-refractivity contribution < 1.29 is 40.7 Å². The van der Waals surface area contributed by atoms with Gasteiger partial charge in [-0.25, -0.2) is 4.79 Å². The molecule has 2 aliphatic rings. The molecule has 4 aromatic rings. The van der Waals surface area contributed by atoms with Crippen LogP contribution in [-0.4, -0.2) is 19.9 Å². The number of aromatic nitrogens is 1. The molecule has 0 saturated heterocycles. The van der Waals surface area contributed by atoms with Gasteiger partial charge in [-0.2, -0.15) is 4.57 Å². The van der Waals surface area contributed by atoms with Crippen LogP contribution in [0.1, 0.15) is 15.9 Å². The Morgan fingerprint density at radius 1 is 1.00 bits per heavy atom. The Kier molecular flexibility index (Phi) is 5.30. The Bertz CT molecular complexity index is 1390. The van der Waals surface area contributed by atoms with Crippen LogP contribution in [-0.2, 0) is 13.0 Å². The van der Waals surface area contributed by atoms with E-state index < -0.39 is 5.97 Å². The number of benzene rings is 3. The number of ether oxygens (including phenoxy) is 4.